The number of aryl methyl sites for hydroxylation is 2. The average molecular weight is 499 g/mol. The van der Waals surface area contributed by atoms with Gasteiger partial charge in [0.15, 0.2) is 5.96 Å². The minimum absolute atomic E-state index is 0. The number of halogens is 1. The van der Waals surface area contributed by atoms with E-state index in [1.165, 1.54) is 5.56 Å². The third-order valence-corrected chi connectivity index (χ3v) is 4.52. The molecule has 1 heterocycles. The Balaban J connectivity index is 0.00000392. The third kappa shape index (κ3) is 9.05. The summed E-state index contributed by atoms with van der Waals surface area (Å²) in [6.45, 7) is 7.62. The fraction of sp³-hybridized carbons (Fsp3) is 0.524. The van der Waals surface area contributed by atoms with Crippen LogP contribution in [0, 0.1) is 6.92 Å². The van der Waals surface area contributed by atoms with E-state index >= 15 is 0 Å². The van der Waals surface area contributed by atoms with Gasteiger partial charge in [-0.05, 0) is 38.7 Å². The fourth-order valence-electron chi connectivity index (χ4n) is 2.83. The van der Waals surface area contributed by atoms with Gasteiger partial charge in [0, 0.05) is 45.7 Å². The zero-order chi connectivity index (χ0) is 19.3. The maximum atomic E-state index is 5.89. The molecular formula is C21H34IN5O. The summed E-state index contributed by atoms with van der Waals surface area (Å²) >= 11 is 0. The number of aromatic nitrogens is 2. The molecule has 0 fully saturated rings. The van der Waals surface area contributed by atoms with E-state index < -0.39 is 0 Å². The standard InChI is InChI=1S/C21H33N5O.HI/c1-18(20-10-5-4-6-11-20)27-17-9-13-25-21(22-3)24-12-7-8-15-26-16-14-23-19(26)2;/h4-6,10-11,14,16,18H,7-9,12-13,15,17H2,1-3H3,(H2,22,24,25);1H. The van der Waals surface area contributed by atoms with E-state index in [-0.39, 0.29) is 30.1 Å². The Kier molecular flexibility index (Phi) is 12.6. The molecule has 1 aromatic heterocycles. The second-order valence-electron chi connectivity index (χ2n) is 6.58. The molecule has 0 aliphatic heterocycles. The monoisotopic (exact) mass is 499 g/mol. The highest BCUT2D eigenvalue weighted by atomic mass is 127. The van der Waals surface area contributed by atoms with Crippen LogP contribution < -0.4 is 10.6 Å². The van der Waals surface area contributed by atoms with Gasteiger partial charge in [0.25, 0.3) is 0 Å². The summed E-state index contributed by atoms with van der Waals surface area (Å²) in [6.07, 6.45) is 7.16. The van der Waals surface area contributed by atoms with Gasteiger partial charge < -0.3 is 19.9 Å². The van der Waals surface area contributed by atoms with E-state index in [1.807, 2.05) is 37.5 Å². The predicted octanol–water partition coefficient (Wildman–Crippen LogP) is 3.92. The molecule has 1 aromatic carbocycles. The number of nitrogens with zero attached hydrogens (tertiary/aromatic N) is 3. The number of benzene rings is 1. The Morgan fingerprint density at radius 2 is 1.86 bits per heavy atom. The molecule has 0 amide bonds. The Morgan fingerprint density at radius 3 is 2.50 bits per heavy atom. The van der Waals surface area contributed by atoms with Gasteiger partial charge in [0.2, 0.25) is 0 Å². The first kappa shape index (κ1) is 24.4. The minimum atomic E-state index is 0. The van der Waals surface area contributed by atoms with Crippen molar-refractivity contribution in [3.63, 3.8) is 0 Å². The van der Waals surface area contributed by atoms with Gasteiger partial charge in [-0.25, -0.2) is 4.98 Å². The van der Waals surface area contributed by atoms with Crippen LogP contribution in [0.3, 0.4) is 0 Å². The number of imidazole rings is 1. The van der Waals surface area contributed by atoms with Crippen molar-refractivity contribution in [3.8, 4) is 0 Å². The van der Waals surface area contributed by atoms with Gasteiger partial charge in [0.1, 0.15) is 5.82 Å². The molecule has 0 aliphatic carbocycles. The van der Waals surface area contributed by atoms with Crippen LogP contribution in [0.4, 0.5) is 0 Å². The molecule has 1 atom stereocenters. The summed E-state index contributed by atoms with van der Waals surface area (Å²) in [5.74, 6) is 1.93. The molecule has 7 heteroatoms. The molecular weight excluding hydrogens is 465 g/mol. The van der Waals surface area contributed by atoms with Crippen LogP contribution >= 0.6 is 24.0 Å². The number of guanidine groups is 1. The van der Waals surface area contributed by atoms with Crippen molar-refractivity contribution in [1.29, 1.82) is 0 Å². The number of hydrogen-bond donors (Lipinski definition) is 2. The number of ether oxygens (including phenoxy) is 1. The first-order valence-electron chi connectivity index (χ1n) is 9.79. The number of nitrogens with one attached hydrogen (secondary N) is 2. The van der Waals surface area contributed by atoms with Gasteiger partial charge >= 0.3 is 0 Å². The SMILES string of the molecule is CN=C(NCCCCn1ccnc1C)NCCCOC(C)c1ccccc1.I. The summed E-state index contributed by atoms with van der Waals surface area (Å²) in [4.78, 5) is 8.51. The van der Waals surface area contributed by atoms with E-state index in [0.717, 1.165) is 57.3 Å². The summed E-state index contributed by atoms with van der Waals surface area (Å²) in [6, 6.07) is 10.3. The normalized spacial score (nSPS) is 12.3. The predicted molar refractivity (Wildman–Crippen MR) is 126 cm³/mol. The Bertz CT molecular complexity index is 674. The van der Waals surface area contributed by atoms with Gasteiger partial charge in [-0.15, -0.1) is 24.0 Å². The maximum absolute atomic E-state index is 5.89. The lowest BCUT2D eigenvalue weighted by Crippen LogP contribution is -2.38. The number of aliphatic imine (C=N–C) groups is 1. The summed E-state index contributed by atoms with van der Waals surface area (Å²) in [5.41, 5.74) is 1.22. The summed E-state index contributed by atoms with van der Waals surface area (Å²) in [5, 5.41) is 6.70. The second kappa shape index (κ2) is 14.4. The first-order valence-corrected chi connectivity index (χ1v) is 9.79. The summed E-state index contributed by atoms with van der Waals surface area (Å²) in [7, 11) is 1.80. The molecule has 2 rings (SSSR count). The van der Waals surface area contributed by atoms with E-state index in [0.29, 0.717) is 0 Å². The molecule has 28 heavy (non-hydrogen) atoms. The molecule has 2 N–H and O–H groups in total. The highest BCUT2D eigenvalue weighted by Crippen LogP contribution is 2.15. The van der Waals surface area contributed by atoms with Crippen LogP contribution in [0.2, 0.25) is 0 Å². The molecule has 0 bridgehead atoms. The van der Waals surface area contributed by atoms with Crippen LogP contribution in [0.1, 0.15) is 43.7 Å². The first-order chi connectivity index (χ1) is 13.2. The van der Waals surface area contributed by atoms with E-state index in [2.05, 4.69) is 44.2 Å². The van der Waals surface area contributed by atoms with Gasteiger partial charge in [-0.1, -0.05) is 30.3 Å². The zero-order valence-corrected chi connectivity index (χ0v) is 19.6. The van der Waals surface area contributed by atoms with Crippen molar-refractivity contribution in [2.75, 3.05) is 26.7 Å². The molecule has 6 nitrogen and oxygen atoms in total. The van der Waals surface area contributed by atoms with E-state index in [4.69, 9.17) is 4.74 Å². The van der Waals surface area contributed by atoms with Crippen LogP contribution in [0.15, 0.2) is 47.7 Å². The van der Waals surface area contributed by atoms with Crippen molar-refractivity contribution in [2.24, 2.45) is 4.99 Å². The molecule has 156 valence electrons. The third-order valence-electron chi connectivity index (χ3n) is 4.52. The molecule has 1 unspecified atom stereocenters. The fourth-order valence-corrected chi connectivity index (χ4v) is 2.83. The van der Waals surface area contributed by atoms with Crippen LogP contribution in [-0.4, -0.2) is 42.3 Å². The second-order valence-corrected chi connectivity index (χ2v) is 6.58. The Morgan fingerprint density at radius 1 is 1.14 bits per heavy atom. The topological polar surface area (TPSA) is 63.5 Å². The van der Waals surface area contributed by atoms with E-state index in [1.54, 1.807) is 7.05 Å². The Labute approximate surface area is 186 Å². The lowest BCUT2D eigenvalue weighted by molar-refractivity contribution is 0.0646. The van der Waals surface area contributed by atoms with Crippen LogP contribution in [-0.2, 0) is 11.3 Å². The molecule has 0 aliphatic rings. The van der Waals surface area contributed by atoms with Crippen molar-refractivity contribution >= 4 is 29.9 Å². The lowest BCUT2D eigenvalue weighted by Gasteiger charge is -2.15. The quantitative estimate of drug-likeness (QED) is 0.213. The van der Waals surface area contributed by atoms with Crippen LogP contribution in [0.25, 0.3) is 0 Å². The smallest absolute Gasteiger partial charge is 0.190 e. The molecule has 2 aromatic rings. The van der Waals surface area contributed by atoms with Gasteiger partial charge in [-0.3, -0.25) is 4.99 Å². The zero-order valence-electron chi connectivity index (χ0n) is 17.2. The lowest BCUT2D eigenvalue weighted by atomic mass is 10.1. The van der Waals surface area contributed by atoms with Crippen molar-refractivity contribution < 1.29 is 4.74 Å². The largest absolute Gasteiger partial charge is 0.374 e. The highest BCUT2D eigenvalue weighted by Gasteiger charge is 2.04. The number of hydrogen-bond acceptors (Lipinski definition) is 3. The molecule has 0 spiro atoms. The van der Waals surface area contributed by atoms with Crippen LogP contribution in [0.5, 0.6) is 0 Å². The van der Waals surface area contributed by atoms with Crippen molar-refractivity contribution in [1.82, 2.24) is 20.2 Å². The highest BCUT2D eigenvalue weighted by molar-refractivity contribution is 14.0. The minimum Gasteiger partial charge on any atom is -0.374 e. The Hall–Kier alpha value is -1.61. The summed E-state index contributed by atoms with van der Waals surface area (Å²) < 4.78 is 8.08. The van der Waals surface area contributed by atoms with Crippen molar-refractivity contribution in [2.45, 2.75) is 45.8 Å². The number of rotatable bonds is 11. The van der Waals surface area contributed by atoms with Gasteiger partial charge in [-0.2, -0.15) is 0 Å². The maximum Gasteiger partial charge on any atom is 0.190 e. The van der Waals surface area contributed by atoms with Gasteiger partial charge in [0.05, 0.1) is 6.10 Å². The number of unbranched alkanes of at least 4 members (excludes halogenated alkanes) is 1. The van der Waals surface area contributed by atoms with E-state index in [9.17, 15) is 0 Å². The average Bonchev–Trinajstić information content (AvgIpc) is 3.11. The molecule has 0 saturated heterocycles. The molecule has 0 saturated carbocycles. The van der Waals surface area contributed by atoms with Crippen molar-refractivity contribution in [3.05, 3.63) is 54.1 Å². The molecule has 0 radical (unpaired) electrons.